The Balaban J connectivity index is 1.60. The van der Waals surface area contributed by atoms with Gasteiger partial charge in [0, 0.05) is 11.8 Å². The minimum absolute atomic E-state index is 0.336. The first-order valence-corrected chi connectivity index (χ1v) is 8.78. The zero-order valence-corrected chi connectivity index (χ0v) is 15.8. The number of fused-ring (bicyclic) bond motifs is 1. The topological polar surface area (TPSA) is 45.0 Å². The van der Waals surface area contributed by atoms with Gasteiger partial charge in [0.05, 0.1) is 30.2 Å². The second kappa shape index (κ2) is 5.86. The molecule has 0 spiro atoms. The third-order valence-electron chi connectivity index (χ3n) is 5.39. The maximum atomic E-state index is 6.11. The summed E-state index contributed by atoms with van der Waals surface area (Å²) in [5.41, 5.74) is 3.19. The normalized spacial score (nSPS) is 18.4. The molecule has 1 aliphatic rings. The molecule has 0 N–H and O–H groups in total. The van der Waals surface area contributed by atoms with Gasteiger partial charge in [0.1, 0.15) is 11.4 Å². The number of hydrogen-bond acceptors (Lipinski definition) is 4. The molecule has 1 aromatic carbocycles. The van der Waals surface area contributed by atoms with E-state index in [4.69, 9.17) is 14.0 Å². The number of imidazole rings is 1. The Morgan fingerprint density at radius 2 is 1.58 bits per heavy atom. The fourth-order valence-corrected chi connectivity index (χ4v) is 3.02. The van der Waals surface area contributed by atoms with Crippen LogP contribution in [0, 0.1) is 0 Å². The van der Waals surface area contributed by atoms with E-state index in [1.807, 2.05) is 41.1 Å². The SMILES string of the molecule is COc1ccc2nc(-c3ccc(B4OC(C)(C)C(C)(C)O4)cc3)cn2c1. The lowest BCUT2D eigenvalue weighted by atomic mass is 9.79. The maximum absolute atomic E-state index is 6.11. The van der Waals surface area contributed by atoms with E-state index in [-0.39, 0.29) is 18.3 Å². The summed E-state index contributed by atoms with van der Waals surface area (Å²) in [6.45, 7) is 8.25. The molecule has 0 aliphatic carbocycles. The summed E-state index contributed by atoms with van der Waals surface area (Å²) >= 11 is 0. The Kier molecular flexibility index (Phi) is 3.86. The van der Waals surface area contributed by atoms with Crippen molar-refractivity contribution in [3.63, 3.8) is 0 Å². The van der Waals surface area contributed by atoms with E-state index >= 15 is 0 Å². The van der Waals surface area contributed by atoms with Gasteiger partial charge in [-0.15, -0.1) is 0 Å². The van der Waals surface area contributed by atoms with E-state index in [0.717, 1.165) is 28.1 Å². The van der Waals surface area contributed by atoms with E-state index in [0.29, 0.717) is 0 Å². The van der Waals surface area contributed by atoms with Gasteiger partial charge in [-0.1, -0.05) is 24.3 Å². The van der Waals surface area contributed by atoms with Crippen LogP contribution in [0.4, 0.5) is 0 Å². The maximum Gasteiger partial charge on any atom is 0.494 e. The third-order valence-corrected chi connectivity index (χ3v) is 5.39. The van der Waals surface area contributed by atoms with Crippen LogP contribution < -0.4 is 10.2 Å². The molecule has 5 nitrogen and oxygen atoms in total. The van der Waals surface area contributed by atoms with Crippen molar-refractivity contribution in [1.29, 1.82) is 0 Å². The highest BCUT2D eigenvalue weighted by Crippen LogP contribution is 2.36. The van der Waals surface area contributed by atoms with Crippen LogP contribution in [-0.2, 0) is 9.31 Å². The number of rotatable bonds is 3. The van der Waals surface area contributed by atoms with Crippen molar-refractivity contribution in [2.75, 3.05) is 7.11 Å². The molecule has 0 radical (unpaired) electrons. The van der Waals surface area contributed by atoms with Gasteiger partial charge in [-0.25, -0.2) is 4.98 Å². The monoisotopic (exact) mass is 350 g/mol. The Bertz CT molecular complexity index is 931. The molecule has 0 saturated carbocycles. The summed E-state index contributed by atoms with van der Waals surface area (Å²) < 4.78 is 19.5. The summed E-state index contributed by atoms with van der Waals surface area (Å²) in [6.07, 6.45) is 3.92. The van der Waals surface area contributed by atoms with Gasteiger partial charge in [-0.3, -0.25) is 0 Å². The molecule has 1 fully saturated rings. The molecular weight excluding hydrogens is 327 g/mol. The summed E-state index contributed by atoms with van der Waals surface area (Å²) in [5.74, 6) is 0.803. The summed E-state index contributed by atoms with van der Waals surface area (Å²) in [6, 6.07) is 12.1. The van der Waals surface area contributed by atoms with Crippen LogP contribution in [0.15, 0.2) is 48.8 Å². The Hall–Kier alpha value is -2.31. The fraction of sp³-hybridized carbons (Fsp3) is 0.350. The zero-order valence-electron chi connectivity index (χ0n) is 15.8. The van der Waals surface area contributed by atoms with Crippen molar-refractivity contribution in [2.45, 2.75) is 38.9 Å². The van der Waals surface area contributed by atoms with Crippen LogP contribution in [0.3, 0.4) is 0 Å². The van der Waals surface area contributed by atoms with E-state index < -0.39 is 0 Å². The first-order chi connectivity index (χ1) is 12.3. The number of aromatic nitrogens is 2. The van der Waals surface area contributed by atoms with Gasteiger partial charge in [0.2, 0.25) is 0 Å². The average molecular weight is 350 g/mol. The smallest absolute Gasteiger partial charge is 0.494 e. The van der Waals surface area contributed by atoms with Crippen molar-refractivity contribution in [1.82, 2.24) is 9.38 Å². The van der Waals surface area contributed by atoms with E-state index in [9.17, 15) is 0 Å². The van der Waals surface area contributed by atoms with Crippen molar-refractivity contribution >= 4 is 18.2 Å². The van der Waals surface area contributed by atoms with Crippen LogP contribution >= 0.6 is 0 Å². The van der Waals surface area contributed by atoms with Gasteiger partial charge < -0.3 is 18.4 Å². The molecule has 0 unspecified atom stereocenters. The number of ether oxygens (including phenoxy) is 1. The molecule has 26 heavy (non-hydrogen) atoms. The molecule has 0 atom stereocenters. The lowest BCUT2D eigenvalue weighted by Crippen LogP contribution is -2.41. The van der Waals surface area contributed by atoms with Gasteiger partial charge in [-0.2, -0.15) is 0 Å². The summed E-state index contributed by atoms with van der Waals surface area (Å²) in [7, 11) is 1.31. The molecule has 2 aromatic heterocycles. The van der Waals surface area contributed by atoms with Crippen molar-refractivity contribution in [2.24, 2.45) is 0 Å². The molecule has 1 aliphatic heterocycles. The minimum Gasteiger partial charge on any atom is -0.495 e. The predicted molar refractivity (Wildman–Crippen MR) is 103 cm³/mol. The lowest BCUT2D eigenvalue weighted by Gasteiger charge is -2.32. The quantitative estimate of drug-likeness (QED) is 0.680. The van der Waals surface area contributed by atoms with Gasteiger partial charge in [0.25, 0.3) is 0 Å². The first-order valence-electron chi connectivity index (χ1n) is 8.78. The Morgan fingerprint density at radius 3 is 2.19 bits per heavy atom. The molecular formula is C20H23BN2O3. The Labute approximate surface area is 154 Å². The van der Waals surface area contributed by atoms with Crippen LogP contribution in [0.25, 0.3) is 16.9 Å². The molecule has 6 heteroatoms. The van der Waals surface area contributed by atoms with Crippen molar-refractivity contribution < 1.29 is 14.0 Å². The molecule has 134 valence electrons. The molecule has 3 heterocycles. The lowest BCUT2D eigenvalue weighted by molar-refractivity contribution is 0.00578. The standard InChI is InChI=1S/C20H23BN2O3/c1-19(2)20(3,4)26-21(25-19)15-8-6-14(7-9-15)17-13-23-12-16(24-5)10-11-18(23)22-17/h6-13H,1-5H3. The second-order valence-corrected chi connectivity index (χ2v) is 7.67. The largest absolute Gasteiger partial charge is 0.495 e. The molecule has 0 amide bonds. The summed E-state index contributed by atoms with van der Waals surface area (Å²) in [5, 5.41) is 0. The average Bonchev–Trinajstić information content (AvgIpc) is 3.12. The van der Waals surface area contributed by atoms with Gasteiger partial charge in [0.15, 0.2) is 0 Å². The highest BCUT2D eigenvalue weighted by molar-refractivity contribution is 6.62. The van der Waals surface area contributed by atoms with E-state index in [1.54, 1.807) is 7.11 Å². The van der Waals surface area contributed by atoms with Gasteiger partial charge >= 0.3 is 7.12 Å². The van der Waals surface area contributed by atoms with E-state index in [1.165, 1.54) is 0 Å². The van der Waals surface area contributed by atoms with Crippen molar-refractivity contribution in [3.05, 3.63) is 48.8 Å². The minimum atomic E-state index is -0.348. The number of hydrogen-bond donors (Lipinski definition) is 0. The zero-order chi connectivity index (χ0) is 18.5. The summed E-state index contributed by atoms with van der Waals surface area (Å²) in [4.78, 5) is 4.68. The van der Waals surface area contributed by atoms with Crippen molar-refractivity contribution in [3.8, 4) is 17.0 Å². The predicted octanol–water partition coefficient (Wildman–Crippen LogP) is 3.31. The van der Waals surface area contributed by atoms with Crippen LogP contribution in [-0.4, -0.2) is 34.8 Å². The second-order valence-electron chi connectivity index (χ2n) is 7.67. The Morgan fingerprint density at radius 1 is 0.923 bits per heavy atom. The molecule has 4 rings (SSSR count). The highest BCUT2D eigenvalue weighted by Gasteiger charge is 2.51. The molecule has 3 aromatic rings. The first kappa shape index (κ1) is 17.1. The number of pyridine rings is 1. The third kappa shape index (κ3) is 2.79. The number of nitrogens with zero attached hydrogens (tertiary/aromatic N) is 2. The van der Waals surface area contributed by atoms with E-state index in [2.05, 4.69) is 44.8 Å². The fourth-order valence-electron chi connectivity index (χ4n) is 3.02. The number of benzene rings is 1. The van der Waals surface area contributed by atoms with Crippen LogP contribution in [0.2, 0.25) is 0 Å². The highest BCUT2D eigenvalue weighted by atomic mass is 16.7. The number of methoxy groups -OCH3 is 1. The molecule has 1 saturated heterocycles. The van der Waals surface area contributed by atoms with Crippen LogP contribution in [0.5, 0.6) is 5.75 Å². The molecule has 0 bridgehead atoms. The van der Waals surface area contributed by atoms with Crippen LogP contribution in [0.1, 0.15) is 27.7 Å². The van der Waals surface area contributed by atoms with Gasteiger partial charge in [-0.05, 0) is 45.3 Å².